The van der Waals surface area contributed by atoms with Gasteiger partial charge in [-0.25, -0.2) is 0 Å². The number of hydrogen-bond acceptors (Lipinski definition) is 5. The Labute approximate surface area is 269 Å². The smallest absolute Gasteiger partial charge is 0.310 e. The van der Waals surface area contributed by atoms with Crippen molar-refractivity contribution in [2.75, 3.05) is 0 Å². The molecule has 0 aromatic rings. The Morgan fingerprint density at radius 2 is 1.44 bits per heavy atom. The average molecular weight is 625 g/mol. The summed E-state index contributed by atoms with van der Waals surface area (Å²) in [5.41, 5.74) is -0.576. The summed E-state index contributed by atoms with van der Waals surface area (Å²) in [5.74, 6) is -2.91. The second-order valence-corrected chi connectivity index (χ2v) is 18.2. The second-order valence-electron chi connectivity index (χ2n) is 18.2. The van der Waals surface area contributed by atoms with Gasteiger partial charge in [-0.05, 0) is 117 Å². The van der Waals surface area contributed by atoms with Gasteiger partial charge in [-0.15, -0.1) is 0 Å². The molecule has 0 amide bonds. The zero-order valence-electron chi connectivity index (χ0n) is 28.7. The van der Waals surface area contributed by atoms with Gasteiger partial charge < -0.3 is 14.9 Å². The van der Waals surface area contributed by atoms with Crippen molar-refractivity contribution in [3.8, 4) is 0 Å². The van der Waals surface area contributed by atoms with Crippen LogP contribution in [0.3, 0.4) is 0 Å². The summed E-state index contributed by atoms with van der Waals surface area (Å²) in [4.78, 5) is 52.4. The summed E-state index contributed by atoms with van der Waals surface area (Å²) in [6, 6.07) is 0. The molecule has 5 saturated carbocycles. The molecular formula is C38H56O7. The fourth-order valence-electron chi connectivity index (χ4n) is 12.5. The third kappa shape index (κ3) is 4.54. The van der Waals surface area contributed by atoms with Gasteiger partial charge in [-0.3, -0.25) is 19.2 Å². The van der Waals surface area contributed by atoms with E-state index >= 15 is 0 Å². The van der Waals surface area contributed by atoms with Crippen LogP contribution in [0, 0.1) is 62.1 Å². The number of ketones is 1. The van der Waals surface area contributed by atoms with E-state index in [1.54, 1.807) is 0 Å². The summed E-state index contributed by atoms with van der Waals surface area (Å²) >= 11 is 0. The van der Waals surface area contributed by atoms with Crippen LogP contribution in [-0.2, 0) is 23.9 Å². The van der Waals surface area contributed by atoms with Gasteiger partial charge in [0.15, 0.2) is 5.78 Å². The van der Waals surface area contributed by atoms with Gasteiger partial charge in [-0.2, -0.15) is 0 Å². The third-order valence-electron chi connectivity index (χ3n) is 15.7. The van der Waals surface area contributed by atoms with Gasteiger partial charge >= 0.3 is 17.9 Å². The van der Waals surface area contributed by atoms with Crippen molar-refractivity contribution in [2.24, 2.45) is 62.1 Å². The molecule has 0 aliphatic heterocycles. The molecule has 11 atom stereocenters. The highest BCUT2D eigenvalue weighted by molar-refractivity contribution is 5.95. The van der Waals surface area contributed by atoms with E-state index in [-0.39, 0.29) is 62.7 Å². The van der Waals surface area contributed by atoms with Crippen LogP contribution < -0.4 is 0 Å². The predicted molar refractivity (Wildman–Crippen MR) is 170 cm³/mol. The summed E-state index contributed by atoms with van der Waals surface area (Å²) in [5, 5.41) is 20.0. The monoisotopic (exact) mass is 624 g/mol. The van der Waals surface area contributed by atoms with E-state index in [4.69, 9.17) is 4.74 Å². The van der Waals surface area contributed by atoms with Crippen molar-refractivity contribution in [3.63, 3.8) is 0 Å². The first kappa shape index (κ1) is 32.7. The molecule has 0 heterocycles. The SMILES string of the molecule is CC1(C)C2CC[C@]3(C)[C@H](C(=O)C=C4[C@H]5C[C@@](C)(C(=O)O)CC[C@]5(C)CC[C@]43C)[C@@]2(C)CC[C@@H]1OC(=O)[C@H]1CCCC[C@H]1C(=O)O. The molecule has 7 heteroatoms. The number of carbonyl (C=O) groups is 4. The average Bonchev–Trinajstić information content (AvgIpc) is 2.96. The molecular weight excluding hydrogens is 568 g/mol. The van der Waals surface area contributed by atoms with Gasteiger partial charge in [0.1, 0.15) is 6.10 Å². The summed E-state index contributed by atoms with van der Waals surface area (Å²) in [6.45, 7) is 15.7. The van der Waals surface area contributed by atoms with E-state index in [1.165, 1.54) is 5.57 Å². The highest BCUT2D eigenvalue weighted by Gasteiger charge is 2.70. The lowest BCUT2D eigenvalue weighted by Crippen LogP contribution is -2.66. The molecule has 6 aliphatic carbocycles. The van der Waals surface area contributed by atoms with Crippen molar-refractivity contribution >= 4 is 23.7 Å². The Morgan fingerprint density at radius 1 is 0.800 bits per heavy atom. The molecule has 0 spiro atoms. The first-order chi connectivity index (χ1) is 20.8. The van der Waals surface area contributed by atoms with Crippen LogP contribution in [0.15, 0.2) is 11.6 Å². The van der Waals surface area contributed by atoms with Crippen LogP contribution in [0.5, 0.6) is 0 Å². The number of hydrogen-bond donors (Lipinski definition) is 2. The van der Waals surface area contributed by atoms with Gasteiger partial charge in [0.05, 0.1) is 17.3 Å². The Kier molecular flexibility index (Phi) is 7.58. The lowest BCUT2D eigenvalue weighted by atomic mass is 9.33. The number of carbonyl (C=O) groups excluding carboxylic acids is 2. The molecule has 6 aliphatic rings. The third-order valence-corrected chi connectivity index (χ3v) is 15.7. The number of allylic oxidation sites excluding steroid dienone is 2. The van der Waals surface area contributed by atoms with Gasteiger partial charge in [0.2, 0.25) is 0 Å². The summed E-state index contributed by atoms with van der Waals surface area (Å²) in [6.07, 6.45) is 12.0. The van der Waals surface area contributed by atoms with Crippen LogP contribution in [0.1, 0.15) is 132 Å². The van der Waals surface area contributed by atoms with Gasteiger partial charge in [0.25, 0.3) is 0 Å². The predicted octanol–water partition coefficient (Wildman–Crippen LogP) is 7.85. The van der Waals surface area contributed by atoms with Crippen LogP contribution in [0.25, 0.3) is 0 Å². The zero-order valence-corrected chi connectivity index (χ0v) is 28.7. The molecule has 6 rings (SSSR count). The maximum Gasteiger partial charge on any atom is 0.310 e. The minimum absolute atomic E-state index is 0.0206. The molecule has 0 radical (unpaired) electrons. The highest BCUT2D eigenvalue weighted by atomic mass is 16.5. The number of fused-ring (bicyclic) bond motifs is 7. The second kappa shape index (κ2) is 10.4. The number of aliphatic carboxylic acids is 2. The lowest BCUT2D eigenvalue weighted by Gasteiger charge is -2.70. The number of esters is 1. The first-order valence-corrected chi connectivity index (χ1v) is 17.8. The van der Waals surface area contributed by atoms with Gasteiger partial charge in [0, 0.05) is 11.3 Å². The molecule has 1 unspecified atom stereocenters. The van der Waals surface area contributed by atoms with Crippen molar-refractivity contribution in [3.05, 3.63) is 11.6 Å². The number of rotatable bonds is 4. The van der Waals surface area contributed by atoms with Crippen LogP contribution in [-0.4, -0.2) is 40.0 Å². The fraction of sp³-hybridized carbons (Fsp3) is 0.842. The molecule has 0 aromatic carbocycles. The Morgan fingerprint density at radius 3 is 2.09 bits per heavy atom. The Hall–Kier alpha value is -2.18. The van der Waals surface area contributed by atoms with Crippen LogP contribution in [0.2, 0.25) is 0 Å². The van der Waals surface area contributed by atoms with E-state index in [1.807, 2.05) is 13.0 Å². The molecule has 0 aromatic heterocycles. The Bertz CT molecular complexity index is 1330. The van der Waals surface area contributed by atoms with Crippen LogP contribution >= 0.6 is 0 Å². The zero-order chi connectivity index (χ0) is 33.0. The van der Waals surface area contributed by atoms with E-state index < -0.39 is 29.2 Å². The summed E-state index contributed by atoms with van der Waals surface area (Å²) in [7, 11) is 0. The molecule has 5 fully saturated rings. The molecule has 0 saturated heterocycles. The number of ether oxygens (including phenoxy) is 1. The Balaban J connectivity index is 1.30. The summed E-state index contributed by atoms with van der Waals surface area (Å²) < 4.78 is 6.28. The van der Waals surface area contributed by atoms with Crippen LogP contribution in [0.4, 0.5) is 0 Å². The molecule has 0 bridgehead atoms. The van der Waals surface area contributed by atoms with E-state index in [9.17, 15) is 29.4 Å². The quantitative estimate of drug-likeness (QED) is 0.306. The van der Waals surface area contributed by atoms with Crippen molar-refractivity contribution < 1.29 is 34.1 Å². The maximum atomic E-state index is 14.6. The van der Waals surface area contributed by atoms with Crippen molar-refractivity contribution in [1.29, 1.82) is 0 Å². The maximum absolute atomic E-state index is 14.6. The minimum atomic E-state index is -0.903. The molecule has 45 heavy (non-hydrogen) atoms. The molecule has 250 valence electrons. The minimum Gasteiger partial charge on any atom is -0.481 e. The normalized spacial score (nSPS) is 48.9. The fourth-order valence-corrected chi connectivity index (χ4v) is 12.5. The van der Waals surface area contributed by atoms with Gasteiger partial charge in [-0.1, -0.05) is 60.0 Å². The van der Waals surface area contributed by atoms with Crippen molar-refractivity contribution in [2.45, 2.75) is 138 Å². The van der Waals surface area contributed by atoms with E-state index in [2.05, 4.69) is 41.5 Å². The molecule has 7 nitrogen and oxygen atoms in total. The topological polar surface area (TPSA) is 118 Å². The van der Waals surface area contributed by atoms with Crippen molar-refractivity contribution in [1.82, 2.24) is 0 Å². The highest BCUT2D eigenvalue weighted by Crippen LogP contribution is 2.75. The standard InChI is InChI=1S/C38H56O7/c1-33(2)27-12-15-38(7)29(36(27,5)14-13-28(33)45-31(42)23-11-9-8-10-22(23)30(40)41)26(39)20-24-25-21-35(4,32(43)44)17-16-34(25,3)18-19-37(24,38)6/h20,22-23,25,27-29H,8-19,21H2,1-7H3,(H,40,41)(H,43,44)/t22-,23+,25-,27?,28+,29-,34-,35+,36+,37-,38-/m1/s1. The lowest BCUT2D eigenvalue weighted by molar-refractivity contribution is -0.213. The number of carboxylic acid groups (broad SMARTS) is 2. The molecule has 2 N–H and O–H groups in total. The largest absolute Gasteiger partial charge is 0.481 e. The number of carboxylic acids is 2. The van der Waals surface area contributed by atoms with E-state index in [0.717, 1.165) is 51.4 Å². The van der Waals surface area contributed by atoms with E-state index in [0.29, 0.717) is 32.1 Å². The first-order valence-electron chi connectivity index (χ1n) is 17.8.